The summed E-state index contributed by atoms with van der Waals surface area (Å²) in [4.78, 5) is 5.61. The standard InChI is InChI=1S/C3H4N2.Al.2H2O4S.6H2O/c1-2-5-3-4-1;;2*1-5(2,3)4;;;;;;/h1-3H,(H,4,5);;2*(H2,1,2,3,4);6*1H2/q;+3;;;;;;;;/p+3. The maximum absolute atomic E-state index is 8.52. The van der Waals surface area contributed by atoms with E-state index in [2.05, 4.69) is 9.97 Å². The van der Waals surface area contributed by atoms with E-state index in [1.54, 1.807) is 6.33 Å². The van der Waals surface area contributed by atoms with E-state index in [1.165, 1.54) is 0 Å². The molecule has 19 heteroatoms. The molecular formula is C3H23AlN2O14S2+6. The van der Waals surface area contributed by atoms with Crippen LogP contribution in [0.5, 0.6) is 0 Å². The predicted molar refractivity (Wildman–Crippen MR) is 73.3 cm³/mol. The number of nitrogens with one attached hydrogen (secondary N) is 2. The predicted octanol–water partition coefficient (Wildman–Crippen LogP) is -8.76. The summed E-state index contributed by atoms with van der Waals surface area (Å²) >= 11 is 0. The summed E-state index contributed by atoms with van der Waals surface area (Å²) in [6.45, 7) is 0. The van der Waals surface area contributed by atoms with Gasteiger partial charge in [0.1, 0.15) is 12.4 Å². The molecule has 1 heterocycles. The van der Waals surface area contributed by atoms with Crippen molar-refractivity contribution in [3.63, 3.8) is 0 Å². The van der Waals surface area contributed by atoms with E-state index < -0.39 is 20.8 Å². The molecule has 0 unspecified atom stereocenters. The van der Waals surface area contributed by atoms with Gasteiger partial charge in [-0.2, -0.15) is 0 Å². The van der Waals surface area contributed by atoms with E-state index in [-0.39, 0.29) is 50.2 Å². The Morgan fingerprint density at radius 1 is 0.727 bits per heavy atom. The molecule has 0 aliphatic heterocycles. The topological polar surface area (TPSA) is 388 Å². The van der Waals surface area contributed by atoms with Gasteiger partial charge in [0.25, 0.3) is 0 Å². The van der Waals surface area contributed by atoms with Crippen LogP contribution in [0.15, 0.2) is 18.7 Å². The molecule has 20 N–H and O–H groups in total. The first kappa shape index (κ1) is 58.1. The minimum Gasteiger partial charge on any atom is -0.759 e. The number of aromatic nitrogens is 2. The first-order chi connectivity index (χ1) is 6.50. The van der Waals surface area contributed by atoms with Gasteiger partial charge in [0.05, 0.1) is 0 Å². The molecule has 138 valence electrons. The zero-order valence-corrected chi connectivity index (χ0v) is 13.6. The summed E-state index contributed by atoms with van der Waals surface area (Å²) < 4.78 is 68.2. The van der Waals surface area contributed by atoms with Gasteiger partial charge in [0, 0.05) is 20.8 Å². The van der Waals surface area contributed by atoms with E-state index in [1.807, 2.05) is 12.4 Å². The van der Waals surface area contributed by atoms with Crippen molar-refractivity contribution in [1.29, 1.82) is 0 Å². The minimum atomic E-state index is -5.17. The average Bonchev–Trinajstić information content (AvgIpc) is 2.28. The van der Waals surface area contributed by atoms with Crippen molar-refractivity contribution in [3.05, 3.63) is 18.7 Å². The van der Waals surface area contributed by atoms with Gasteiger partial charge in [0.15, 0.2) is 0 Å². The molecular weight excluding hydrogens is 379 g/mol. The zero-order valence-electron chi connectivity index (χ0n) is 10.9. The number of H-pyrrole nitrogens is 2. The molecule has 1 aromatic heterocycles. The first-order valence-corrected chi connectivity index (χ1v) is 5.49. The molecule has 0 aliphatic carbocycles. The Morgan fingerprint density at radius 2 is 0.955 bits per heavy atom. The van der Waals surface area contributed by atoms with Crippen LogP contribution in [0.1, 0.15) is 0 Å². The van der Waals surface area contributed by atoms with Gasteiger partial charge >= 0.3 is 17.4 Å². The van der Waals surface area contributed by atoms with Gasteiger partial charge in [0.2, 0.25) is 6.33 Å². The van der Waals surface area contributed by atoms with Crippen LogP contribution in [-0.2, 0) is 53.7 Å². The van der Waals surface area contributed by atoms with E-state index in [0.717, 1.165) is 0 Å². The molecule has 1 aromatic rings. The second-order valence-corrected chi connectivity index (χ2v) is 3.26. The Morgan fingerprint density at radius 3 is 1.00 bits per heavy atom. The molecule has 0 aliphatic rings. The maximum atomic E-state index is 8.52. The van der Waals surface area contributed by atoms with Crippen molar-refractivity contribution in [2.45, 2.75) is 0 Å². The van der Waals surface area contributed by atoms with Crippen molar-refractivity contribution in [1.82, 2.24) is 4.98 Å². The van der Waals surface area contributed by atoms with E-state index in [4.69, 9.17) is 35.0 Å². The number of rotatable bonds is 0. The van der Waals surface area contributed by atoms with E-state index >= 15 is 0 Å². The van der Waals surface area contributed by atoms with Crippen LogP contribution >= 0.6 is 0 Å². The fourth-order valence-corrected chi connectivity index (χ4v) is 0.241. The van der Waals surface area contributed by atoms with Gasteiger partial charge in [-0.3, -0.25) is 26.8 Å². The minimum absolute atomic E-state index is 0. The molecule has 0 fully saturated rings. The zero-order chi connectivity index (χ0) is 12.5. The van der Waals surface area contributed by atoms with E-state index in [0.29, 0.717) is 0 Å². The van der Waals surface area contributed by atoms with Crippen LogP contribution in [0.3, 0.4) is 0 Å². The van der Waals surface area contributed by atoms with Gasteiger partial charge in [-0.15, -0.1) is 0 Å². The Hall–Kier alpha value is -0.758. The van der Waals surface area contributed by atoms with Crippen LogP contribution in [-0.4, -0.2) is 57.4 Å². The van der Waals surface area contributed by atoms with Crippen LogP contribution in [0.4, 0.5) is 0 Å². The van der Waals surface area contributed by atoms with Crippen molar-refractivity contribution in [2.75, 3.05) is 0 Å². The van der Waals surface area contributed by atoms with Crippen molar-refractivity contribution in [3.8, 4) is 0 Å². The quantitative estimate of drug-likeness (QED) is 0.187. The van der Waals surface area contributed by atoms with Crippen LogP contribution in [0, 0.1) is 0 Å². The SMILES string of the molecule is O=S(=O)([O-])[O-].O=S(=O)([O-])[O-].[Al+3].[OH3+].[OH3+].[OH3+].[OH3+].[OH3+].[OH3+].c1c[nH+]c[nH]1. The number of imidazole rings is 1. The first-order valence-electron chi connectivity index (χ1n) is 2.82. The molecule has 0 amide bonds. The molecule has 0 radical (unpaired) electrons. The van der Waals surface area contributed by atoms with Crippen LogP contribution < -0.4 is 4.98 Å². The van der Waals surface area contributed by atoms with Crippen molar-refractivity contribution < 1.29 is 72.9 Å². The Labute approximate surface area is 135 Å². The summed E-state index contributed by atoms with van der Waals surface area (Å²) in [7, 11) is -10.3. The molecule has 0 saturated heterocycles. The monoisotopic (exact) mass is 402 g/mol. The fraction of sp³-hybridized carbons (Fsp3) is 0. The third kappa shape index (κ3) is 356. The second kappa shape index (κ2) is 28.4. The third-order valence-corrected chi connectivity index (χ3v) is 0.442. The normalized spacial score (nSPS) is 7.09. The molecule has 22 heavy (non-hydrogen) atoms. The van der Waals surface area contributed by atoms with Gasteiger partial charge in [-0.25, -0.2) is 0 Å². The number of hydrogen-bond acceptors (Lipinski definition) is 8. The van der Waals surface area contributed by atoms with E-state index in [9.17, 15) is 0 Å². The Kier molecular flexibility index (Phi) is 75.0. The summed E-state index contributed by atoms with van der Waals surface area (Å²) in [5.41, 5.74) is 0. The third-order valence-electron chi connectivity index (χ3n) is 0.442. The summed E-state index contributed by atoms with van der Waals surface area (Å²) in [5.74, 6) is 0. The largest absolute Gasteiger partial charge is 3.00 e. The van der Waals surface area contributed by atoms with Crippen LogP contribution in [0.25, 0.3) is 0 Å². The molecule has 0 aromatic carbocycles. The van der Waals surface area contributed by atoms with Gasteiger partial charge in [-0.1, -0.05) is 0 Å². The maximum Gasteiger partial charge on any atom is 3.00 e. The summed E-state index contributed by atoms with van der Waals surface area (Å²) in [5, 5.41) is 0. The molecule has 0 saturated carbocycles. The van der Waals surface area contributed by atoms with Gasteiger partial charge < -0.3 is 51.1 Å². The van der Waals surface area contributed by atoms with Gasteiger partial charge in [-0.05, 0) is 0 Å². The molecule has 0 atom stereocenters. The molecule has 1 rings (SSSR count). The molecule has 0 spiro atoms. The Balaban J connectivity index is -0.0000000142. The number of hydrogen-bond donors (Lipinski definition) is 1. The summed E-state index contributed by atoms with van der Waals surface area (Å²) in [6.07, 6.45) is 5.39. The van der Waals surface area contributed by atoms with Crippen LogP contribution in [0.2, 0.25) is 0 Å². The fourth-order valence-electron chi connectivity index (χ4n) is 0.241. The Bertz CT molecular complexity index is 365. The van der Waals surface area contributed by atoms with Crippen molar-refractivity contribution in [2.24, 2.45) is 0 Å². The number of aromatic amines is 2. The molecule has 16 nitrogen and oxygen atoms in total. The van der Waals surface area contributed by atoms with Crippen molar-refractivity contribution >= 4 is 38.2 Å². The summed E-state index contributed by atoms with van der Waals surface area (Å²) in [6, 6.07) is 0. The smallest absolute Gasteiger partial charge is 0.759 e. The second-order valence-electron chi connectivity index (χ2n) is 1.63. The molecule has 0 bridgehead atoms. The average molecular weight is 402 g/mol.